The first-order chi connectivity index (χ1) is 8.56. The van der Waals surface area contributed by atoms with Gasteiger partial charge in [-0.1, -0.05) is 33.6 Å². The lowest BCUT2D eigenvalue weighted by molar-refractivity contribution is 0.119. The van der Waals surface area contributed by atoms with E-state index in [1.54, 1.807) is 0 Å². The maximum atomic E-state index is 13.7. The fraction of sp³-hybridized carbons (Fsp3) is 1.00. The van der Waals surface area contributed by atoms with Gasteiger partial charge in [0.1, 0.15) is 6.17 Å². The number of alkyl halides is 1. The summed E-state index contributed by atoms with van der Waals surface area (Å²) < 4.78 is 13.7. The van der Waals surface area contributed by atoms with Crippen LogP contribution in [0.1, 0.15) is 72.1 Å². The molecule has 18 heavy (non-hydrogen) atoms. The third-order valence-electron chi connectivity index (χ3n) is 5.76. The number of rotatable bonds is 3. The maximum absolute atomic E-state index is 13.7. The highest BCUT2D eigenvalue weighted by Gasteiger charge is 2.29. The quantitative estimate of drug-likeness (QED) is 0.614. The smallest absolute Gasteiger partial charge is 0.103 e. The van der Waals surface area contributed by atoms with Crippen molar-refractivity contribution >= 4 is 0 Å². The van der Waals surface area contributed by atoms with Gasteiger partial charge >= 0.3 is 0 Å². The molecule has 0 aromatic heterocycles. The topological polar surface area (TPSA) is 0 Å². The molecule has 0 aromatic rings. The molecule has 0 saturated heterocycles. The SMILES string of the molecule is CC1CCC(CCC2CCC(C)C(F)C2)C(C)C1. The van der Waals surface area contributed by atoms with Crippen LogP contribution in [0.2, 0.25) is 0 Å². The van der Waals surface area contributed by atoms with Crippen molar-refractivity contribution in [2.24, 2.45) is 29.6 Å². The van der Waals surface area contributed by atoms with Gasteiger partial charge in [0, 0.05) is 0 Å². The summed E-state index contributed by atoms with van der Waals surface area (Å²) in [5.74, 6) is 3.76. The van der Waals surface area contributed by atoms with Crippen molar-refractivity contribution in [3.63, 3.8) is 0 Å². The Hall–Kier alpha value is -0.0700. The fourth-order valence-corrected chi connectivity index (χ4v) is 4.22. The summed E-state index contributed by atoms with van der Waals surface area (Å²) in [7, 11) is 0. The molecule has 1 heteroatoms. The van der Waals surface area contributed by atoms with Crippen molar-refractivity contribution in [2.75, 3.05) is 0 Å². The van der Waals surface area contributed by atoms with Gasteiger partial charge in [0.05, 0.1) is 0 Å². The Balaban J connectivity index is 1.71. The van der Waals surface area contributed by atoms with Gasteiger partial charge in [-0.25, -0.2) is 4.39 Å². The molecule has 2 aliphatic rings. The third kappa shape index (κ3) is 3.71. The summed E-state index contributed by atoms with van der Waals surface area (Å²) in [6.07, 6.45) is 9.62. The van der Waals surface area contributed by atoms with Crippen LogP contribution in [0.3, 0.4) is 0 Å². The predicted molar refractivity (Wildman–Crippen MR) is 76.3 cm³/mol. The van der Waals surface area contributed by atoms with E-state index in [0.29, 0.717) is 11.8 Å². The fourth-order valence-electron chi connectivity index (χ4n) is 4.22. The highest BCUT2D eigenvalue weighted by molar-refractivity contribution is 4.80. The van der Waals surface area contributed by atoms with Crippen LogP contribution in [0.5, 0.6) is 0 Å². The number of halogens is 1. The summed E-state index contributed by atoms with van der Waals surface area (Å²) >= 11 is 0. The lowest BCUT2D eigenvalue weighted by atomic mass is 9.71. The van der Waals surface area contributed by atoms with Crippen LogP contribution in [-0.2, 0) is 0 Å². The molecule has 2 fully saturated rings. The van der Waals surface area contributed by atoms with Crippen LogP contribution in [0.15, 0.2) is 0 Å². The molecule has 2 aliphatic carbocycles. The highest BCUT2D eigenvalue weighted by Crippen LogP contribution is 2.39. The monoisotopic (exact) mass is 254 g/mol. The van der Waals surface area contributed by atoms with E-state index in [0.717, 1.165) is 30.6 Å². The predicted octanol–water partition coefficient (Wildman–Crippen LogP) is 5.61. The molecule has 106 valence electrons. The molecule has 0 bridgehead atoms. The molecule has 0 radical (unpaired) electrons. The molecular weight excluding hydrogens is 223 g/mol. The van der Waals surface area contributed by atoms with Gasteiger partial charge in [-0.2, -0.15) is 0 Å². The van der Waals surface area contributed by atoms with Gasteiger partial charge in [-0.15, -0.1) is 0 Å². The zero-order valence-electron chi connectivity index (χ0n) is 12.5. The molecular formula is C17H31F. The molecule has 0 heterocycles. The molecule has 0 nitrogen and oxygen atoms in total. The van der Waals surface area contributed by atoms with E-state index in [9.17, 15) is 4.39 Å². The van der Waals surface area contributed by atoms with Gasteiger partial charge < -0.3 is 0 Å². The molecule has 2 rings (SSSR count). The van der Waals surface area contributed by atoms with Gasteiger partial charge in [0.25, 0.3) is 0 Å². The summed E-state index contributed by atoms with van der Waals surface area (Å²) in [6, 6.07) is 0. The molecule has 0 aliphatic heterocycles. The zero-order chi connectivity index (χ0) is 13.1. The molecule has 2 saturated carbocycles. The second-order valence-electron chi connectivity index (χ2n) is 7.41. The third-order valence-corrected chi connectivity index (χ3v) is 5.76. The number of hydrogen-bond acceptors (Lipinski definition) is 0. The van der Waals surface area contributed by atoms with E-state index in [2.05, 4.69) is 20.8 Å². The van der Waals surface area contributed by atoms with E-state index in [-0.39, 0.29) is 0 Å². The Morgan fingerprint density at radius 3 is 2.28 bits per heavy atom. The van der Waals surface area contributed by atoms with Gasteiger partial charge in [-0.05, 0) is 68.1 Å². The first-order valence-corrected chi connectivity index (χ1v) is 8.20. The van der Waals surface area contributed by atoms with Crippen LogP contribution < -0.4 is 0 Å². The standard InChI is InChI=1S/C17H31F/c1-12-4-8-16(14(3)10-12)9-7-15-6-5-13(2)17(18)11-15/h12-17H,4-11H2,1-3H3. The summed E-state index contributed by atoms with van der Waals surface area (Å²) in [6.45, 7) is 6.90. The Morgan fingerprint density at radius 2 is 1.61 bits per heavy atom. The van der Waals surface area contributed by atoms with E-state index in [1.807, 2.05) is 0 Å². The molecule has 6 atom stereocenters. The average Bonchev–Trinajstić information content (AvgIpc) is 2.32. The summed E-state index contributed by atoms with van der Waals surface area (Å²) in [5.41, 5.74) is 0. The van der Waals surface area contributed by atoms with Crippen LogP contribution in [-0.4, -0.2) is 6.17 Å². The van der Waals surface area contributed by atoms with Crippen molar-refractivity contribution in [1.29, 1.82) is 0 Å². The minimum Gasteiger partial charge on any atom is -0.247 e. The van der Waals surface area contributed by atoms with E-state index in [1.165, 1.54) is 38.5 Å². The van der Waals surface area contributed by atoms with Crippen molar-refractivity contribution in [1.82, 2.24) is 0 Å². The minimum absolute atomic E-state index is 0.315. The van der Waals surface area contributed by atoms with Crippen LogP contribution >= 0.6 is 0 Å². The number of hydrogen-bond donors (Lipinski definition) is 0. The molecule has 0 spiro atoms. The lowest BCUT2D eigenvalue weighted by Gasteiger charge is -2.35. The van der Waals surface area contributed by atoms with Gasteiger partial charge in [0.2, 0.25) is 0 Å². The summed E-state index contributed by atoms with van der Waals surface area (Å²) in [5, 5.41) is 0. The van der Waals surface area contributed by atoms with Crippen molar-refractivity contribution < 1.29 is 4.39 Å². The Labute approximate surface area is 113 Å². The second-order valence-corrected chi connectivity index (χ2v) is 7.41. The van der Waals surface area contributed by atoms with Gasteiger partial charge in [0.15, 0.2) is 0 Å². The normalized spacial score (nSPS) is 46.0. The Morgan fingerprint density at radius 1 is 0.833 bits per heavy atom. The molecule has 6 unspecified atom stereocenters. The molecule has 0 aromatic carbocycles. The van der Waals surface area contributed by atoms with Crippen LogP contribution in [0.25, 0.3) is 0 Å². The van der Waals surface area contributed by atoms with Crippen LogP contribution in [0, 0.1) is 29.6 Å². The van der Waals surface area contributed by atoms with Crippen LogP contribution in [0.4, 0.5) is 4.39 Å². The minimum atomic E-state index is -0.521. The van der Waals surface area contributed by atoms with E-state index >= 15 is 0 Å². The molecule has 0 N–H and O–H groups in total. The Bertz CT molecular complexity index is 250. The lowest BCUT2D eigenvalue weighted by Crippen LogP contribution is -2.26. The average molecular weight is 254 g/mol. The van der Waals surface area contributed by atoms with Gasteiger partial charge in [-0.3, -0.25) is 0 Å². The maximum Gasteiger partial charge on any atom is 0.103 e. The largest absolute Gasteiger partial charge is 0.247 e. The first-order valence-electron chi connectivity index (χ1n) is 8.20. The second kappa shape index (κ2) is 6.39. The zero-order valence-corrected chi connectivity index (χ0v) is 12.5. The van der Waals surface area contributed by atoms with Crippen molar-refractivity contribution in [2.45, 2.75) is 78.3 Å². The van der Waals surface area contributed by atoms with Crippen molar-refractivity contribution in [3.8, 4) is 0 Å². The highest BCUT2D eigenvalue weighted by atomic mass is 19.1. The Kier molecular flexibility index (Phi) is 5.09. The summed E-state index contributed by atoms with van der Waals surface area (Å²) in [4.78, 5) is 0. The molecule has 0 amide bonds. The first kappa shape index (κ1) is 14.3. The van der Waals surface area contributed by atoms with Crippen molar-refractivity contribution in [3.05, 3.63) is 0 Å². The van der Waals surface area contributed by atoms with E-state index in [4.69, 9.17) is 0 Å². The van der Waals surface area contributed by atoms with E-state index < -0.39 is 6.17 Å².